The summed E-state index contributed by atoms with van der Waals surface area (Å²) in [6, 6.07) is 0.338. The lowest BCUT2D eigenvalue weighted by Crippen LogP contribution is -2.48. The zero-order chi connectivity index (χ0) is 11.6. The van der Waals surface area contributed by atoms with Gasteiger partial charge in [0.05, 0.1) is 12.7 Å². The summed E-state index contributed by atoms with van der Waals surface area (Å²) in [7, 11) is 0. The number of nitrogens with zero attached hydrogens (tertiary/aromatic N) is 1. The third kappa shape index (κ3) is 2.51. The number of rotatable bonds is 4. The van der Waals surface area contributed by atoms with Crippen LogP contribution in [-0.2, 0) is 4.79 Å². The molecule has 0 aromatic heterocycles. The van der Waals surface area contributed by atoms with Crippen LogP contribution in [0.1, 0.15) is 41.0 Å². The molecule has 3 nitrogen and oxygen atoms in total. The van der Waals surface area contributed by atoms with E-state index >= 15 is 0 Å². The van der Waals surface area contributed by atoms with Gasteiger partial charge in [0.25, 0.3) is 0 Å². The molecule has 1 amide bonds. The van der Waals surface area contributed by atoms with E-state index in [4.69, 9.17) is 0 Å². The van der Waals surface area contributed by atoms with Gasteiger partial charge in [0, 0.05) is 6.04 Å². The lowest BCUT2D eigenvalue weighted by atomic mass is 9.97. The molecule has 0 spiro atoms. The van der Waals surface area contributed by atoms with Crippen LogP contribution in [-0.4, -0.2) is 29.6 Å². The summed E-state index contributed by atoms with van der Waals surface area (Å²) in [6.45, 7) is 11.4. The fourth-order valence-corrected chi connectivity index (χ4v) is 2.19. The summed E-state index contributed by atoms with van der Waals surface area (Å²) < 4.78 is 0. The Morgan fingerprint density at radius 2 is 2.00 bits per heavy atom. The monoisotopic (exact) mass is 212 g/mol. The molecule has 0 aliphatic carbocycles. The second-order valence-corrected chi connectivity index (χ2v) is 5.00. The molecular weight excluding hydrogens is 188 g/mol. The molecule has 0 bridgehead atoms. The van der Waals surface area contributed by atoms with E-state index in [-0.39, 0.29) is 12.1 Å². The number of hydrogen-bond donors (Lipinski definition) is 1. The molecule has 15 heavy (non-hydrogen) atoms. The minimum atomic E-state index is 0.224. The van der Waals surface area contributed by atoms with Gasteiger partial charge in [-0.25, -0.2) is 0 Å². The van der Waals surface area contributed by atoms with E-state index in [0.29, 0.717) is 24.4 Å². The molecule has 3 atom stereocenters. The standard InChI is InChI=1S/C12H24N2O/c1-6-9(4)10(5)14-11(15)7-13-12(14)8(2)3/h8-10,12-13H,6-7H2,1-5H3. The average molecular weight is 212 g/mol. The molecule has 0 saturated carbocycles. The van der Waals surface area contributed by atoms with Crippen molar-refractivity contribution in [2.75, 3.05) is 6.54 Å². The second kappa shape index (κ2) is 4.97. The fourth-order valence-electron chi connectivity index (χ4n) is 2.19. The van der Waals surface area contributed by atoms with Crippen LogP contribution in [0, 0.1) is 11.8 Å². The van der Waals surface area contributed by atoms with Gasteiger partial charge < -0.3 is 4.90 Å². The zero-order valence-electron chi connectivity index (χ0n) is 10.6. The van der Waals surface area contributed by atoms with Crippen molar-refractivity contribution in [3.8, 4) is 0 Å². The van der Waals surface area contributed by atoms with Crippen molar-refractivity contribution in [2.24, 2.45) is 11.8 Å². The van der Waals surface area contributed by atoms with Crippen LogP contribution in [0.25, 0.3) is 0 Å². The van der Waals surface area contributed by atoms with Gasteiger partial charge in [0.15, 0.2) is 0 Å². The van der Waals surface area contributed by atoms with Crippen molar-refractivity contribution in [1.82, 2.24) is 10.2 Å². The molecule has 0 aromatic carbocycles. The molecule has 0 radical (unpaired) electrons. The molecule has 1 N–H and O–H groups in total. The normalized spacial score (nSPS) is 26.1. The van der Waals surface area contributed by atoms with E-state index in [1.165, 1.54) is 0 Å². The van der Waals surface area contributed by atoms with Gasteiger partial charge in [-0.05, 0) is 18.8 Å². The molecule has 0 aromatic rings. The molecule has 1 saturated heterocycles. The number of amides is 1. The highest BCUT2D eigenvalue weighted by Crippen LogP contribution is 2.22. The van der Waals surface area contributed by atoms with Gasteiger partial charge in [0.1, 0.15) is 0 Å². The Bertz CT molecular complexity index is 228. The molecule has 3 heteroatoms. The maximum absolute atomic E-state index is 11.8. The van der Waals surface area contributed by atoms with Crippen LogP contribution in [0.2, 0.25) is 0 Å². The first-order chi connectivity index (χ1) is 6.99. The van der Waals surface area contributed by atoms with Gasteiger partial charge in [-0.15, -0.1) is 0 Å². The molecule has 1 aliphatic heterocycles. The van der Waals surface area contributed by atoms with Crippen LogP contribution >= 0.6 is 0 Å². The van der Waals surface area contributed by atoms with Crippen LogP contribution < -0.4 is 5.32 Å². The highest BCUT2D eigenvalue weighted by atomic mass is 16.2. The second-order valence-electron chi connectivity index (χ2n) is 5.00. The van der Waals surface area contributed by atoms with Crippen LogP contribution in [0.5, 0.6) is 0 Å². The zero-order valence-corrected chi connectivity index (χ0v) is 10.6. The quantitative estimate of drug-likeness (QED) is 0.771. The third-order valence-corrected chi connectivity index (χ3v) is 3.59. The highest BCUT2D eigenvalue weighted by Gasteiger charge is 2.36. The summed E-state index contributed by atoms with van der Waals surface area (Å²) in [5.41, 5.74) is 0. The Balaban J connectivity index is 2.75. The highest BCUT2D eigenvalue weighted by molar-refractivity contribution is 5.81. The van der Waals surface area contributed by atoms with E-state index in [1.54, 1.807) is 0 Å². The number of carbonyl (C=O) groups excluding carboxylic acids is 1. The smallest absolute Gasteiger partial charge is 0.238 e. The first-order valence-corrected chi connectivity index (χ1v) is 6.03. The summed E-state index contributed by atoms with van der Waals surface area (Å²) in [5, 5.41) is 3.29. The molecule has 3 unspecified atom stereocenters. The summed E-state index contributed by atoms with van der Waals surface area (Å²) in [5.74, 6) is 1.29. The van der Waals surface area contributed by atoms with Crippen LogP contribution in [0.4, 0.5) is 0 Å². The van der Waals surface area contributed by atoms with E-state index in [0.717, 1.165) is 6.42 Å². The fraction of sp³-hybridized carbons (Fsp3) is 0.917. The molecule has 1 fully saturated rings. The number of hydrogen-bond acceptors (Lipinski definition) is 2. The van der Waals surface area contributed by atoms with Crippen molar-refractivity contribution in [2.45, 2.75) is 53.2 Å². The minimum Gasteiger partial charge on any atom is -0.323 e. The van der Waals surface area contributed by atoms with Crippen molar-refractivity contribution in [1.29, 1.82) is 0 Å². The molecule has 88 valence electrons. The Morgan fingerprint density at radius 3 is 2.47 bits per heavy atom. The van der Waals surface area contributed by atoms with Crippen LogP contribution in [0.3, 0.4) is 0 Å². The first-order valence-electron chi connectivity index (χ1n) is 6.03. The molecular formula is C12H24N2O. The summed E-state index contributed by atoms with van der Waals surface area (Å²) >= 11 is 0. The van der Waals surface area contributed by atoms with Crippen molar-refractivity contribution < 1.29 is 4.79 Å². The van der Waals surface area contributed by atoms with E-state index < -0.39 is 0 Å². The predicted octanol–water partition coefficient (Wildman–Crippen LogP) is 1.83. The minimum absolute atomic E-state index is 0.224. The van der Waals surface area contributed by atoms with Gasteiger partial charge in [-0.1, -0.05) is 34.1 Å². The lowest BCUT2D eigenvalue weighted by molar-refractivity contribution is -0.131. The summed E-state index contributed by atoms with van der Waals surface area (Å²) in [6.07, 6.45) is 1.34. The van der Waals surface area contributed by atoms with Gasteiger partial charge in [0.2, 0.25) is 5.91 Å². The largest absolute Gasteiger partial charge is 0.323 e. The summed E-state index contributed by atoms with van der Waals surface area (Å²) in [4.78, 5) is 13.9. The Labute approximate surface area is 93.2 Å². The van der Waals surface area contributed by atoms with Crippen molar-refractivity contribution >= 4 is 5.91 Å². The Morgan fingerprint density at radius 1 is 1.40 bits per heavy atom. The van der Waals surface area contributed by atoms with E-state index in [2.05, 4.69) is 39.9 Å². The van der Waals surface area contributed by atoms with Gasteiger partial charge >= 0.3 is 0 Å². The number of nitrogens with one attached hydrogen (secondary N) is 1. The Hall–Kier alpha value is -0.570. The SMILES string of the molecule is CCC(C)C(C)N1C(=O)CNC1C(C)C. The lowest BCUT2D eigenvalue weighted by Gasteiger charge is -2.35. The molecule has 1 heterocycles. The van der Waals surface area contributed by atoms with Gasteiger partial charge in [-0.2, -0.15) is 0 Å². The maximum Gasteiger partial charge on any atom is 0.238 e. The van der Waals surface area contributed by atoms with Crippen molar-refractivity contribution in [3.05, 3.63) is 0 Å². The van der Waals surface area contributed by atoms with Crippen molar-refractivity contribution in [3.63, 3.8) is 0 Å². The molecule has 1 rings (SSSR count). The van der Waals surface area contributed by atoms with Gasteiger partial charge in [-0.3, -0.25) is 10.1 Å². The number of carbonyl (C=O) groups is 1. The topological polar surface area (TPSA) is 32.3 Å². The average Bonchev–Trinajstić information content (AvgIpc) is 2.58. The van der Waals surface area contributed by atoms with Crippen LogP contribution in [0.15, 0.2) is 0 Å². The van der Waals surface area contributed by atoms with E-state index in [1.807, 2.05) is 4.90 Å². The molecule has 1 aliphatic rings. The Kier molecular flexibility index (Phi) is 4.14. The first kappa shape index (κ1) is 12.5. The third-order valence-electron chi connectivity index (χ3n) is 3.59. The van der Waals surface area contributed by atoms with E-state index in [9.17, 15) is 4.79 Å². The maximum atomic E-state index is 11.8. The predicted molar refractivity (Wildman–Crippen MR) is 62.4 cm³/mol.